The monoisotopic (exact) mass is 548 g/mol. The van der Waals surface area contributed by atoms with Crippen molar-refractivity contribution < 1.29 is 39.9 Å². The van der Waals surface area contributed by atoms with E-state index in [0.29, 0.717) is 24.0 Å². The van der Waals surface area contributed by atoms with E-state index in [1.54, 1.807) is 20.2 Å². The Bertz CT molecular complexity index is 1510. The molecule has 2 aromatic rings. The van der Waals surface area contributed by atoms with Gasteiger partial charge in [-0.05, 0) is 74.0 Å². The van der Waals surface area contributed by atoms with Gasteiger partial charge >= 0.3 is 0 Å². The molecule has 0 bridgehead atoms. The zero-order chi connectivity index (χ0) is 29.1. The van der Waals surface area contributed by atoms with E-state index in [0.717, 1.165) is 11.1 Å². The van der Waals surface area contributed by atoms with Crippen LogP contribution in [-0.2, 0) is 22.4 Å². The van der Waals surface area contributed by atoms with Gasteiger partial charge in [0.2, 0.25) is 5.78 Å². The van der Waals surface area contributed by atoms with Crippen molar-refractivity contribution in [2.45, 2.75) is 37.3 Å². The lowest BCUT2D eigenvalue weighted by molar-refractivity contribution is -0.148. The Morgan fingerprint density at radius 3 is 2.50 bits per heavy atom. The Kier molecular flexibility index (Phi) is 6.81. The smallest absolute Gasteiger partial charge is 0.255 e. The molecule has 10 nitrogen and oxygen atoms in total. The summed E-state index contributed by atoms with van der Waals surface area (Å²) < 4.78 is 0. The van der Waals surface area contributed by atoms with Crippen LogP contribution in [0.1, 0.15) is 34.3 Å². The highest BCUT2D eigenvalue weighted by Crippen LogP contribution is 2.53. The van der Waals surface area contributed by atoms with Crippen LogP contribution in [0.15, 0.2) is 59.1 Å². The minimum atomic E-state index is -2.67. The molecule has 0 heterocycles. The van der Waals surface area contributed by atoms with E-state index in [2.05, 4.69) is 0 Å². The van der Waals surface area contributed by atoms with E-state index in [4.69, 9.17) is 5.73 Å². The van der Waals surface area contributed by atoms with E-state index in [1.807, 2.05) is 24.3 Å². The lowest BCUT2D eigenvalue weighted by atomic mass is 9.58. The molecule has 0 fully saturated rings. The van der Waals surface area contributed by atoms with Crippen molar-refractivity contribution >= 4 is 17.5 Å². The Labute approximate surface area is 230 Å². The molecule has 210 valence electrons. The maximum atomic E-state index is 13.9. The summed E-state index contributed by atoms with van der Waals surface area (Å²) in [4.78, 5) is 40.9. The molecule has 40 heavy (non-hydrogen) atoms. The third-order valence-corrected chi connectivity index (χ3v) is 8.47. The highest BCUT2D eigenvalue weighted by molar-refractivity contribution is 6.24. The Hall–Kier alpha value is -3.99. The average Bonchev–Trinajstić information content (AvgIpc) is 2.89. The van der Waals surface area contributed by atoms with Gasteiger partial charge in [-0.25, -0.2) is 0 Å². The molecule has 2 aromatic carbocycles. The number of carbonyl (C=O) groups excluding carboxylic acids is 3. The summed E-state index contributed by atoms with van der Waals surface area (Å²) >= 11 is 0. The van der Waals surface area contributed by atoms with Crippen LogP contribution in [0.2, 0.25) is 0 Å². The van der Waals surface area contributed by atoms with Crippen molar-refractivity contribution in [2.24, 2.45) is 17.6 Å². The van der Waals surface area contributed by atoms with E-state index in [-0.39, 0.29) is 36.3 Å². The van der Waals surface area contributed by atoms with E-state index >= 15 is 0 Å². The largest absolute Gasteiger partial charge is 0.510 e. The van der Waals surface area contributed by atoms with Crippen LogP contribution in [0.5, 0.6) is 5.75 Å². The molecule has 0 spiro atoms. The molecule has 1 amide bonds. The number of hydrogen-bond donors (Lipinski definition) is 6. The van der Waals surface area contributed by atoms with E-state index in [1.165, 1.54) is 11.0 Å². The number of ketones is 2. The van der Waals surface area contributed by atoms with Gasteiger partial charge in [-0.2, -0.15) is 0 Å². The summed E-state index contributed by atoms with van der Waals surface area (Å²) in [5.41, 5.74) is 4.75. The number of rotatable bonds is 6. The molecule has 4 atom stereocenters. The number of likely N-dealkylation sites (N-methyl/N-ethyl adjacent to an activating group) is 1. The maximum absolute atomic E-state index is 13.9. The maximum Gasteiger partial charge on any atom is 0.255 e. The summed E-state index contributed by atoms with van der Waals surface area (Å²) in [5.74, 6) is -6.77. The van der Waals surface area contributed by atoms with Crippen molar-refractivity contribution in [3.63, 3.8) is 0 Å². The summed E-state index contributed by atoms with van der Waals surface area (Å²) in [6, 6.07) is 9.75. The average molecular weight is 549 g/mol. The number of amides is 1. The number of primary amides is 1. The van der Waals surface area contributed by atoms with Gasteiger partial charge in [-0.1, -0.05) is 30.3 Å². The molecule has 0 aromatic heterocycles. The second kappa shape index (κ2) is 9.88. The number of carbonyl (C=O) groups is 3. The van der Waals surface area contributed by atoms with Crippen LogP contribution in [-0.4, -0.2) is 80.3 Å². The fraction of sp³-hybridized carbons (Fsp3) is 0.367. The van der Waals surface area contributed by atoms with Gasteiger partial charge < -0.3 is 31.3 Å². The van der Waals surface area contributed by atoms with E-state index < -0.39 is 58.0 Å². The molecule has 0 radical (unpaired) electrons. The van der Waals surface area contributed by atoms with Gasteiger partial charge in [0.25, 0.3) is 5.91 Å². The third-order valence-electron chi connectivity index (χ3n) is 8.47. The summed E-state index contributed by atoms with van der Waals surface area (Å²) in [6.07, 6.45) is 1.49. The first-order valence-corrected chi connectivity index (χ1v) is 13.1. The van der Waals surface area contributed by atoms with Gasteiger partial charge in [0.1, 0.15) is 22.8 Å². The van der Waals surface area contributed by atoms with Crippen molar-refractivity contribution in [1.82, 2.24) is 4.90 Å². The van der Waals surface area contributed by atoms with Crippen LogP contribution in [0.4, 0.5) is 0 Å². The zero-order valence-electron chi connectivity index (χ0n) is 22.2. The third kappa shape index (κ3) is 3.94. The lowest BCUT2D eigenvalue weighted by Gasteiger charge is -2.50. The lowest BCUT2D eigenvalue weighted by Crippen LogP contribution is -2.63. The first-order valence-electron chi connectivity index (χ1n) is 13.1. The number of aromatic hydroxyl groups is 1. The molecular weight excluding hydrogens is 516 g/mol. The van der Waals surface area contributed by atoms with Gasteiger partial charge in [-0.3, -0.25) is 19.3 Å². The molecule has 5 rings (SSSR count). The van der Waals surface area contributed by atoms with Crippen LogP contribution < -0.4 is 5.73 Å². The number of benzene rings is 2. The Morgan fingerprint density at radius 2 is 1.85 bits per heavy atom. The number of aliphatic hydroxyl groups is 4. The topological polar surface area (TPSA) is 182 Å². The number of allylic oxidation sites excluding steroid dienone is 1. The fourth-order valence-electron chi connectivity index (χ4n) is 6.70. The number of hydrogen-bond acceptors (Lipinski definition) is 9. The number of fused-ring (bicyclic) bond motifs is 3. The van der Waals surface area contributed by atoms with E-state index in [9.17, 15) is 39.9 Å². The van der Waals surface area contributed by atoms with Gasteiger partial charge in [0, 0.05) is 18.1 Å². The molecule has 10 heteroatoms. The first kappa shape index (κ1) is 27.6. The molecular formula is C30H32N2O8. The predicted octanol–water partition coefficient (Wildman–Crippen LogP) is 1.71. The zero-order valence-corrected chi connectivity index (χ0v) is 22.2. The normalized spacial score (nSPS) is 26.1. The number of nitrogens with two attached hydrogens (primary N) is 1. The Morgan fingerprint density at radius 1 is 1.12 bits per heavy atom. The van der Waals surface area contributed by atoms with Crippen LogP contribution in [0.3, 0.4) is 0 Å². The highest BCUT2D eigenvalue weighted by atomic mass is 16.3. The minimum absolute atomic E-state index is 0.0252. The minimum Gasteiger partial charge on any atom is -0.510 e. The molecule has 1 unspecified atom stereocenters. The van der Waals surface area contributed by atoms with Crippen molar-refractivity contribution in [1.29, 1.82) is 0 Å². The molecule has 0 saturated heterocycles. The van der Waals surface area contributed by atoms with Crippen LogP contribution in [0.25, 0.3) is 11.1 Å². The van der Waals surface area contributed by atoms with Crippen molar-refractivity contribution in [3.05, 3.63) is 75.8 Å². The predicted molar refractivity (Wildman–Crippen MR) is 145 cm³/mol. The molecule has 0 saturated carbocycles. The summed E-state index contributed by atoms with van der Waals surface area (Å²) in [7, 11) is 3.18. The fourth-order valence-corrected chi connectivity index (χ4v) is 6.70. The first-order chi connectivity index (χ1) is 18.9. The Balaban J connectivity index is 1.68. The number of aryl methyl sites for hydroxylation is 1. The van der Waals surface area contributed by atoms with Crippen molar-refractivity contribution in [3.8, 4) is 16.9 Å². The van der Waals surface area contributed by atoms with Crippen LogP contribution >= 0.6 is 0 Å². The summed E-state index contributed by atoms with van der Waals surface area (Å²) in [5, 5.41) is 54.0. The summed E-state index contributed by atoms with van der Waals surface area (Å²) in [6.45, 7) is 0.0588. The SMILES string of the molecule is CN(C)[C@@H]1C(O)=C(C(N)=O)C(=O)[C@@]2(O)C(O)=C3C(=O)c4c(O)ccc(-c5cccc(CCCO)c5)c4CC3C[C@@H]12. The van der Waals surface area contributed by atoms with Crippen LogP contribution in [0, 0.1) is 11.8 Å². The van der Waals surface area contributed by atoms with Gasteiger partial charge in [0.15, 0.2) is 11.4 Å². The number of phenolic OH excluding ortho intramolecular Hbond substituents is 1. The molecule has 7 N–H and O–H groups in total. The molecule has 3 aliphatic carbocycles. The highest BCUT2D eigenvalue weighted by Gasteiger charge is 2.63. The number of aliphatic hydroxyl groups excluding tert-OH is 3. The van der Waals surface area contributed by atoms with Gasteiger partial charge in [-0.15, -0.1) is 0 Å². The number of phenols is 1. The quantitative estimate of drug-likeness (QED) is 0.293. The second-order valence-corrected chi connectivity index (χ2v) is 11.0. The molecule has 3 aliphatic rings. The van der Waals surface area contributed by atoms with Gasteiger partial charge in [0.05, 0.1) is 11.6 Å². The number of nitrogens with zero attached hydrogens (tertiary/aromatic N) is 1. The second-order valence-electron chi connectivity index (χ2n) is 11.0. The number of Topliss-reactive ketones (excluding diaryl/α,β-unsaturated/α-hetero) is 2. The molecule has 0 aliphatic heterocycles. The standard InChI is InChI=1S/C30H32N2O8/c1-32(2)24-19-13-16-12-18-17(15-7-3-5-14(11-15)6-4-10-33)8-9-20(34)22(18)25(35)21(16)27(37)30(19,40)28(38)23(26(24)36)29(31)39/h3,5,7-9,11,16,19,24,33-34,36-37,40H,4,6,10,12-13H2,1-2H3,(H2,31,39)/t16?,19-,24-,30-/m0/s1. The van der Waals surface area contributed by atoms with Crippen molar-refractivity contribution in [2.75, 3.05) is 20.7 Å².